The van der Waals surface area contributed by atoms with Gasteiger partial charge < -0.3 is 19.9 Å². The maximum absolute atomic E-state index is 16.7. The van der Waals surface area contributed by atoms with Gasteiger partial charge in [-0.2, -0.15) is 9.97 Å². The van der Waals surface area contributed by atoms with E-state index in [9.17, 15) is 0 Å². The first kappa shape index (κ1) is 25.5. The summed E-state index contributed by atoms with van der Waals surface area (Å²) in [6, 6.07) is 11.4. The maximum Gasteiger partial charge on any atom is 0.319 e. The highest BCUT2D eigenvalue weighted by Crippen LogP contribution is 2.41. The first-order valence-electron chi connectivity index (χ1n) is 15.6. The number of nitrogens with zero attached hydrogens (tertiary/aromatic N) is 4. The zero-order valence-corrected chi connectivity index (χ0v) is 23.9. The largest absolute Gasteiger partial charge is 0.461 e. The summed E-state index contributed by atoms with van der Waals surface area (Å²) in [5, 5.41) is 5.57. The van der Waals surface area contributed by atoms with Gasteiger partial charge in [0.05, 0.1) is 5.54 Å². The molecule has 0 saturated carbocycles. The number of anilines is 1. The Bertz CT molecular complexity index is 1590. The summed E-state index contributed by atoms with van der Waals surface area (Å²) < 4.78 is 23.2. The van der Waals surface area contributed by atoms with Gasteiger partial charge in [-0.15, -0.1) is 0 Å². The molecule has 0 aliphatic carbocycles. The van der Waals surface area contributed by atoms with Gasteiger partial charge in [0, 0.05) is 58.8 Å². The fourth-order valence-corrected chi connectivity index (χ4v) is 8.22. The van der Waals surface area contributed by atoms with Gasteiger partial charge in [0.1, 0.15) is 17.9 Å². The number of piperazine rings is 1. The Morgan fingerprint density at radius 3 is 2.61 bits per heavy atom. The smallest absolute Gasteiger partial charge is 0.319 e. The molecule has 6 heterocycles. The molecule has 0 amide bonds. The van der Waals surface area contributed by atoms with E-state index in [0.717, 1.165) is 79.5 Å². The van der Waals surface area contributed by atoms with Crippen LogP contribution in [0.2, 0.25) is 0 Å². The fourth-order valence-electron chi connectivity index (χ4n) is 8.22. The van der Waals surface area contributed by atoms with Gasteiger partial charge in [0.25, 0.3) is 0 Å². The van der Waals surface area contributed by atoms with E-state index in [1.165, 1.54) is 31.2 Å². The van der Waals surface area contributed by atoms with Crippen LogP contribution in [0.25, 0.3) is 32.9 Å². The number of nitrogens with one attached hydrogen (secondary N) is 2. The van der Waals surface area contributed by atoms with Crippen molar-refractivity contribution in [1.29, 1.82) is 0 Å². The topological polar surface area (TPSA) is 69.3 Å². The van der Waals surface area contributed by atoms with Crippen LogP contribution in [0.1, 0.15) is 57.4 Å². The molecule has 2 unspecified atom stereocenters. The molecule has 2 aromatic heterocycles. The van der Waals surface area contributed by atoms with Crippen molar-refractivity contribution in [3.05, 3.63) is 47.9 Å². The zero-order chi connectivity index (χ0) is 27.6. The Morgan fingerprint density at radius 2 is 1.83 bits per heavy atom. The van der Waals surface area contributed by atoms with Crippen molar-refractivity contribution < 1.29 is 9.13 Å². The third-order valence-electron chi connectivity index (χ3n) is 10.2. The summed E-state index contributed by atoms with van der Waals surface area (Å²) >= 11 is 0. The molecule has 0 radical (unpaired) electrons. The molecule has 8 rings (SSSR count). The molecule has 41 heavy (non-hydrogen) atoms. The first-order chi connectivity index (χ1) is 20.1. The number of aromatic amines is 1. The second-order valence-corrected chi connectivity index (χ2v) is 12.7. The van der Waals surface area contributed by atoms with E-state index in [2.05, 4.69) is 45.2 Å². The number of hydrogen-bond acceptors (Lipinski definition) is 6. The predicted molar refractivity (Wildman–Crippen MR) is 161 cm³/mol. The molecule has 4 aromatic rings. The molecule has 2 atom stereocenters. The standard InChI is InChI=1S/C33H39FN6O/c1-2-6-21-7-3-8-27-28(21)26(17-35-27)24-11-12-25-30(29(24)34)37-32(41-20-33-13-4-15-40(33)16-5-14-33)38-31(25)39-18-22-9-10-23(19-39)36-22/h3,7-8,11-12,17,22-23,35-36H,2,4-6,9-10,13-16,18-20H2,1H3. The lowest BCUT2D eigenvalue weighted by molar-refractivity contribution is 0.108. The van der Waals surface area contributed by atoms with Crippen LogP contribution in [0.15, 0.2) is 36.5 Å². The number of benzene rings is 2. The third-order valence-corrected chi connectivity index (χ3v) is 10.2. The summed E-state index contributed by atoms with van der Waals surface area (Å²) in [6.45, 7) is 6.76. The molecular formula is C33H39FN6O. The molecule has 2 aromatic carbocycles. The van der Waals surface area contributed by atoms with Crippen molar-refractivity contribution in [2.75, 3.05) is 37.7 Å². The summed E-state index contributed by atoms with van der Waals surface area (Å²) in [5.74, 6) is 0.495. The van der Waals surface area contributed by atoms with Crippen molar-refractivity contribution in [2.24, 2.45) is 0 Å². The predicted octanol–water partition coefficient (Wildman–Crippen LogP) is 5.82. The van der Waals surface area contributed by atoms with Crippen molar-refractivity contribution in [2.45, 2.75) is 75.9 Å². The van der Waals surface area contributed by atoms with Crippen LogP contribution in [0.4, 0.5) is 10.2 Å². The number of fused-ring (bicyclic) bond motifs is 5. The summed E-state index contributed by atoms with van der Waals surface area (Å²) in [4.78, 5) is 18.1. The molecule has 4 aliphatic heterocycles. The Labute approximate surface area is 240 Å². The monoisotopic (exact) mass is 554 g/mol. The third kappa shape index (κ3) is 4.21. The van der Waals surface area contributed by atoms with Gasteiger partial charge in [-0.1, -0.05) is 31.5 Å². The average Bonchev–Trinajstić information content (AvgIpc) is 3.76. The molecule has 7 nitrogen and oxygen atoms in total. The number of rotatable bonds is 7. The van der Waals surface area contributed by atoms with Crippen LogP contribution < -0.4 is 15.0 Å². The Kier molecular flexibility index (Phi) is 6.18. The normalized spacial score (nSPS) is 23.6. The van der Waals surface area contributed by atoms with Gasteiger partial charge in [0.2, 0.25) is 0 Å². The lowest BCUT2D eigenvalue weighted by Crippen LogP contribution is -2.51. The number of halogens is 1. The molecule has 4 fully saturated rings. The Morgan fingerprint density at radius 1 is 1.02 bits per heavy atom. The summed E-state index contributed by atoms with van der Waals surface area (Å²) in [7, 11) is 0. The van der Waals surface area contributed by atoms with Gasteiger partial charge in [-0.05, 0) is 75.7 Å². The van der Waals surface area contributed by atoms with Crippen LogP contribution in [0.3, 0.4) is 0 Å². The van der Waals surface area contributed by atoms with E-state index < -0.39 is 0 Å². The number of hydrogen-bond donors (Lipinski definition) is 2. The van der Waals surface area contributed by atoms with Crippen LogP contribution in [0.5, 0.6) is 6.01 Å². The van der Waals surface area contributed by atoms with Gasteiger partial charge >= 0.3 is 6.01 Å². The molecule has 8 heteroatoms. The summed E-state index contributed by atoms with van der Waals surface area (Å²) in [6.07, 6.45) is 11.0. The Balaban J connectivity index is 1.24. The summed E-state index contributed by atoms with van der Waals surface area (Å²) in [5.41, 5.74) is 4.15. The number of ether oxygens (including phenoxy) is 1. The lowest BCUT2D eigenvalue weighted by atomic mass is 9.95. The second-order valence-electron chi connectivity index (χ2n) is 12.7. The molecule has 4 aliphatic rings. The zero-order valence-electron chi connectivity index (χ0n) is 23.9. The van der Waals surface area contributed by atoms with E-state index in [1.54, 1.807) is 0 Å². The van der Waals surface area contributed by atoms with Crippen molar-refractivity contribution >= 4 is 27.6 Å². The van der Waals surface area contributed by atoms with Crippen LogP contribution in [-0.2, 0) is 6.42 Å². The van der Waals surface area contributed by atoms with Crippen molar-refractivity contribution in [1.82, 2.24) is 25.2 Å². The molecule has 0 spiro atoms. The molecular weight excluding hydrogens is 515 g/mol. The highest BCUT2D eigenvalue weighted by atomic mass is 19.1. The minimum Gasteiger partial charge on any atom is -0.461 e. The van der Waals surface area contributed by atoms with E-state index >= 15 is 4.39 Å². The van der Waals surface area contributed by atoms with E-state index in [0.29, 0.717) is 35.8 Å². The van der Waals surface area contributed by atoms with Gasteiger partial charge in [0.15, 0.2) is 5.82 Å². The van der Waals surface area contributed by atoms with E-state index in [4.69, 9.17) is 14.7 Å². The number of aryl methyl sites for hydroxylation is 1. The number of H-pyrrole nitrogens is 1. The first-order valence-corrected chi connectivity index (χ1v) is 15.6. The Hall–Kier alpha value is -3.23. The SMILES string of the molecule is CCCc1cccc2[nH]cc(-c3ccc4c(N5CC6CCC(C5)N6)nc(OCC56CCCN5CCC6)nc4c3F)c12. The fraction of sp³-hybridized carbons (Fsp3) is 0.515. The molecule has 2 N–H and O–H groups in total. The maximum atomic E-state index is 16.7. The molecule has 2 bridgehead atoms. The number of aromatic nitrogens is 3. The van der Waals surface area contributed by atoms with Gasteiger partial charge in [-0.3, -0.25) is 4.90 Å². The highest BCUT2D eigenvalue weighted by Gasteiger charge is 2.45. The van der Waals surface area contributed by atoms with E-state index in [1.807, 2.05) is 18.3 Å². The lowest BCUT2D eigenvalue weighted by Gasteiger charge is -2.34. The van der Waals surface area contributed by atoms with Crippen molar-refractivity contribution in [3.8, 4) is 17.1 Å². The second kappa shape index (κ2) is 9.95. The van der Waals surface area contributed by atoms with Gasteiger partial charge in [-0.25, -0.2) is 4.39 Å². The molecule has 214 valence electrons. The average molecular weight is 555 g/mol. The van der Waals surface area contributed by atoms with Crippen LogP contribution >= 0.6 is 0 Å². The van der Waals surface area contributed by atoms with Crippen LogP contribution in [-0.4, -0.2) is 70.3 Å². The van der Waals surface area contributed by atoms with Crippen LogP contribution in [0, 0.1) is 5.82 Å². The quantitative estimate of drug-likeness (QED) is 0.300. The van der Waals surface area contributed by atoms with Crippen molar-refractivity contribution in [3.63, 3.8) is 0 Å². The minimum absolute atomic E-state index is 0.0761. The van der Waals surface area contributed by atoms with E-state index in [-0.39, 0.29) is 11.4 Å². The minimum atomic E-state index is -0.303. The molecule has 4 saturated heterocycles. The highest BCUT2D eigenvalue weighted by molar-refractivity contribution is 6.01.